The highest BCUT2D eigenvalue weighted by atomic mass is 16.5. The second-order valence-corrected chi connectivity index (χ2v) is 5.24. The highest BCUT2D eigenvalue weighted by molar-refractivity contribution is 5.87. The summed E-state index contributed by atoms with van der Waals surface area (Å²) in [5.74, 6) is -0.218. The molecule has 0 aliphatic rings. The Morgan fingerprint density at radius 3 is 2.37 bits per heavy atom. The summed E-state index contributed by atoms with van der Waals surface area (Å²) in [7, 11) is 2.89. The van der Waals surface area contributed by atoms with Crippen LogP contribution in [0.3, 0.4) is 0 Å². The number of ether oxygens (including phenoxy) is 1. The smallest absolute Gasteiger partial charge is 0.328 e. The molecular weight excluding hydrogens is 244 g/mol. The van der Waals surface area contributed by atoms with Gasteiger partial charge in [-0.1, -0.05) is 33.1 Å². The monoisotopic (exact) mass is 272 g/mol. The first-order valence-electron chi connectivity index (χ1n) is 6.95. The van der Waals surface area contributed by atoms with Crippen LogP contribution < -0.4 is 5.73 Å². The fourth-order valence-corrected chi connectivity index (χ4v) is 1.99. The van der Waals surface area contributed by atoms with Gasteiger partial charge in [0.05, 0.1) is 13.2 Å². The minimum atomic E-state index is -0.602. The quantitative estimate of drug-likeness (QED) is 0.680. The van der Waals surface area contributed by atoms with Crippen LogP contribution in [0.15, 0.2) is 0 Å². The van der Waals surface area contributed by atoms with Gasteiger partial charge in [-0.15, -0.1) is 0 Å². The van der Waals surface area contributed by atoms with Crippen LogP contribution in [0.2, 0.25) is 0 Å². The molecule has 3 atom stereocenters. The lowest BCUT2D eigenvalue weighted by Gasteiger charge is -2.26. The molecule has 5 heteroatoms. The molecule has 112 valence electrons. The van der Waals surface area contributed by atoms with E-state index in [1.54, 1.807) is 14.0 Å². The first kappa shape index (κ1) is 17.9. The van der Waals surface area contributed by atoms with E-state index in [1.165, 1.54) is 12.0 Å². The maximum absolute atomic E-state index is 12.1. The molecule has 0 saturated heterocycles. The molecule has 5 nitrogen and oxygen atoms in total. The molecule has 0 spiro atoms. The molecule has 0 unspecified atom stereocenters. The van der Waals surface area contributed by atoms with Crippen LogP contribution in [0.25, 0.3) is 0 Å². The van der Waals surface area contributed by atoms with Crippen LogP contribution in [0, 0.1) is 5.92 Å². The summed E-state index contributed by atoms with van der Waals surface area (Å²) in [6.45, 7) is 5.88. The van der Waals surface area contributed by atoms with Crippen molar-refractivity contribution in [2.45, 2.75) is 58.5 Å². The van der Waals surface area contributed by atoms with Gasteiger partial charge in [0, 0.05) is 7.05 Å². The Balaban J connectivity index is 4.35. The maximum atomic E-state index is 12.1. The molecule has 0 aliphatic carbocycles. The van der Waals surface area contributed by atoms with E-state index >= 15 is 0 Å². The number of carbonyl (C=O) groups excluding carboxylic acids is 2. The van der Waals surface area contributed by atoms with Crippen LogP contribution in [-0.4, -0.2) is 43.0 Å². The average Bonchev–Trinajstić information content (AvgIpc) is 2.41. The lowest BCUT2D eigenvalue weighted by molar-refractivity contribution is -0.151. The van der Waals surface area contributed by atoms with Crippen molar-refractivity contribution in [3.8, 4) is 0 Å². The summed E-state index contributed by atoms with van der Waals surface area (Å²) < 4.78 is 4.62. The first-order chi connectivity index (χ1) is 8.84. The molecule has 0 aromatic carbocycles. The van der Waals surface area contributed by atoms with Crippen LogP contribution in [0.1, 0.15) is 46.5 Å². The molecule has 1 amide bonds. The molecule has 2 N–H and O–H groups in total. The number of rotatable bonds is 8. The third-order valence-electron chi connectivity index (χ3n) is 3.49. The van der Waals surface area contributed by atoms with Crippen molar-refractivity contribution in [2.24, 2.45) is 11.7 Å². The summed E-state index contributed by atoms with van der Waals surface area (Å²) in [5, 5.41) is 0. The Labute approximate surface area is 116 Å². The number of methoxy groups -OCH3 is 1. The van der Waals surface area contributed by atoms with E-state index in [0.717, 1.165) is 19.3 Å². The van der Waals surface area contributed by atoms with Gasteiger partial charge < -0.3 is 15.4 Å². The summed E-state index contributed by atoms with van der Waals surface area (Å²) in [5.41, 5.74) is 5.93. The van der Waals surface area contributed by atoms with E-state index < -0.39 is 18.1 Å². The van der Waals surface area contributed by atoms with E-state index in [0.29, 0.717) is 12.3 Å². The molecule has 0 rings (SSSR count). The van der Waals surface area contributed by atoms with Crippen LogP contribution in [0.5, 0.6) is 0 Å². The van der Waals surface area contributed by atoms with Crippen molar-refractivity contribution in [1.82, 2.24) is 4.90 Å². The van der Waals surface area contributed by atoms with Crippen molar-refractivity contribution in [3.63, 3.8) is 0 Å². The van der Waals surface area contributed by atoms with Crippen molar-refractivity contribution in [1.29, 1.82) is 0 Å². The zero-order valence-electron chi connectivity index (χ0n) is 12.8. The predicted octanol–water partition coefficient (Wildman–Crippen LogP) is 1.55. The molecule has 0 bridgehead atoms. The number of esters is 1. The zero-order valence-corrected chi connectivity index (χ0v) is 12.8. The van der Waals surface area contributed by atoms with Crippen LogP contribution >= 0.6 is 0 Å². The highest BCUT2D eigenvalue weighted by Crippen LogP contribution is 2.14. The summed E-state index contributed by atoms with van der Waals surface area (Å²) >= 11 is 0. The van der Waals surface area contributed by atoms with Crippen molar-refractivity contribution in [3.05, 3.63) is 0 Å². The molecule has 0 saturated carbocycles. The molecule has 0 heterocycles. The Bertz CT molecular complexity index is 294. The first-order valence-corrected chi connectivity index (χ1v) is 6.95. The number of amides is 1. The van der Waals surface area contributed by atoms with Gasteiger partial charge in [-0.2, -0.15) is 0 Å². The van der Waals surface area contributed by atoms with Gasteiger partial charge in [-0.3, -0.25) is 4.79 Å². The number of nitrogens with zero attached hydrogens (tertiary/aromatic N) is 1. The van der Waals surface area contributed by atoms with Crippen LogP contribution in [0.4, 0.5) is 0 Å². The van der Waals surface area contributed by atoms with Crippen molar-refractivity contribution < 1.29 is 14.3 Å². The third-order valence-corrected chi connectivity index (χ3v) is 3.49. The molecule has 0 radical (unpaired) electrons. The molecule has 0 aromatic rings. The summed E-state index contributed by atoms with van der Waals surface area (Å²) in [4.78, 5) is 24.9. The van der Waals surface area contributed by atoms with E-state index in [4.69, 9.17) is 5.73 Å². The molecule has 0 aliphatic heterocycles. The minimum absolute atomic E-state index is 0.207. The van der Waals surface area contributed by atoms with Gasteiger partial charge in [0.25, 0.3) is 0 Å². The standard InChI is InChI=1S/C14H28N2O3/c1-6-7-8-10(2)9-12(15)13(17)16(4)11(3)14(18)19-5/h10-12H,6-9,15H2,1-5H3/t10-,11+,12+/m1/s1. The topological polar surface area (TPSA) is 72.6 Å². The Morgan fingerprint density at radius 1 is 1.32 bits per heavy atom. The van der Waals surface area contributed by atoms with Crippen molar-refractivity contribution >= 4 is 11.9 Å². The molecular formula is C14H28N2O3. The molecule has 0 fully saturated rings. The predicted molar refractivity (Wildman–Crippen MR) is 75.5 cm³/mol. The van der Waals surface area contributed by atoms with Gasteiger partial charge in [0.15, 0.2) is 0 Å². The highest BCUT2D eigenvalue weighted by Gasteiger charge is 2.27. The Hall–Kier alpha value is -1.10. The number of unbranched alkanes of at least 4 members (excludes halogenated alkanes) is 1. The van der Waals surface area contributed by atoms with Gasteiger partial charge in [0.2, 0.25) is 5.91 Å². The van der Waals surface area contributed by atoms with E-state index in [-0.39, 0.29) is 5.91 Å². The third kappa shape index (κ3) is 6.05. The van der Waals surface area contributed by atoms with E-state index in [2.05, 4.69) is 18.6 Å². The summed E-state index contributed by atoms with van der Waals surface area (Å²) in [6.07, 6.45) is 4.02. The SMILES string of the molecule is CCCC[C@@H](C)C[C@H](N)C(=O)N(C)[C@@H](C)C(=O)OC. The fraction of sp³-hybridized carbons (Fsp3) is 0.857. The fourth-order valence-electron chi connectivity index (χ4n) is 1.99. The normalized spacial score (nSPS) is 15.5. The second-order valence-electron chi connectivity index (χ2n) is 5.24. The van der Waals surface area contributed by atoms with E-state index in [9.17, 15) is 9.59 Å². The average molecular weight is 272 g/mol. The Morgan fingerprint density at radius 2 is 1.89 bits per heavy atom. The molecule has 0 aromatic heterocycles. The van der Waals surface area contributed by atoms with Gasteiger partial charge >= 0.3 is 5.97 Å². The van der Waals surface area contributed by atoms with Gasteiger partial charge in [-0.05, 0) is 19.3 Å². The van der Waals surface area contributed by atoms with Gasteiger partial charge in [0.1, 0.15) is 6.04 Å². The zero-order chi connectivity index (χ0) is 15.0. The summed E-state index contributed by atoms with van der Waals surface area (Å²) in [6, 6.07) is -1.15. The number of hydrogen-bond donors (Lipinski definition) is 1. The number of carbonyl (C=O) groups is 2. The maximum Gasteiger partial charge on any atom is 0.328 e. The van der Waals surface area contributed by atoms with E-state index in [1.807, 2.05) is 0 Å². The minimum Gasteiger partial charge on any atom is -0.467 e. The lowest BCUT2D eigenvalue weighted by atomic mass is 9.96. The largest absolute Gasteiger partial charge is 0.467 e. The van der Waals surface area contributed by atoms with Crippen LogP contribution in [-0.2, 0) is 14.3 Å². The second kappa shape index (κ2) is 8.91. The van der Waals surface area contributed by atoms with Crippen molar-refractivity contribution in [2.75, 3.05) is 14.2 Å². The number of likely N-dealkylation sites (N-methyl/N-ethyl adjacent to an activating group) is 1. The molecule has 19 heavy (non-hydrogen) atoms. The number of nitrogens with two attached hydrogens (primary N) is 1. The Kier molecular flexibility index (Phi) is 8.39. The number of hydrogen-bond acceptors (Lipinski definition) is 4. The lowest BCUT2D eigenvalue weighted by Crippen LogP contribution is -2.49. The van der Waals surface area contributed by atoms with Gasteiger partial charge in [-0.25, -0.2) is 4.79 Å².